The molecule has 1 rings (SSSR count). The fraction of sp³-hybridized carbons (Fsp3) is 0.412. The van der Waals surface area contributed by atoms with E-state index in [1.165, 1.54) is 6.07 Å². The van der Waals surface area contributed by atoms with E-state index in [4.69, 9.17) is 9.84 Å². The number of hydrogen-bond acceptors (Lipinski definition) is 3. The summed E-state index contributed by atoms with van der Waals surface area (Å²) >= 11 is 0. The summed E-state index contributed by atoms with van der Waals surface area (Å²) in [6.07, 6.45) is 3.21. The minimum absolute atomic E-state index is 0.180. The zero-order valence-corrected chi connectivity index (χ0v) is 13.0. The van der Waals surface area contributed by atoms with Gasteiger partial charge in [0.05, 0.1) is 11.5 Å². The van der Waals surface area contributed by atoms with Gasteiger partial charge in [0.2, 0.25) is 0 Å². The van der Waals surface area contributed by atoms with Crippen molar-refractivity contribution in [2.24, 2.45) is 5.92 Å². The maximum absolute atomic E-state index is 11.9. The van der Waals surface area contributed by atoms with Gasteiger partial charge in [0.25, 0.3) is 0 Å². The fourth-order valence-corrected chi connectivity index (χ4v) is 1.66. The first-order valence-electron chi connectivity index (χ1n) is 7.06. The first-order chi connectivity index (χ1) is 9.85. The van der Waals surface area contributed by atoms with Crippen molar-refractivity contribution in [3.8, 4) is 5.75 Å². The summed E-state index contributed by atoms with van der Waals surface area (Å²) in [6, 6.07) is 4.56. The number of esters is 1. The number of hydrogen-bond donors (Lipinski definition) is 1. The molecule has 21 heavy (non-hydrogen) atoms. The van der Waals surface area contributed by atoms with Gasteiger partial charge < -0.3 is 9.84 Å². The topological polar surface area (TPSA) is 63.6 Å². The van der Waals surface area contributed by atoms with Gasteiger partial charge in [0.1, 0.15) is 5.75 Å². The van der Waals surface area contributed by atoms with Crippen molar-refractivity contribution < 1.29 is 19.4 Å². The Labute approximate surface area is 125 Å². The summed E-state index contributed by atoms with van der Waals surface area (Å²) in [7, 11) is 0. The van der Waals surface area contributed by atoms with Gasteiger partial charge in [-0.25, -0.2) is 4.79 Å². The summed E-state index contributed by atoms with van der Waals surface area (Å²) in [6.45, 7) is 7.66. The summed E-state index contributed by atoms with van der Waals surface area (Å²) < 4.78 is 5.40. The van der Waals surface area contributed by atoms with Gasteiger partial charge >= 0.3 is 11.9 Å². The Kier molecular flexibility index (Phi) is 6.15. The Morgan fingerprint density at radius 3 is 2.52 bits per heavy atom. The average molecular weight is 290 g/mol. The second kappa shape index (κ2) is 7.62. The van der Waals surface area contributed by atoms with Crippen LogP contribution < -0.4 is 4.74 Å². The van der Waals surface area contributed by atoms with Crippen LogP contribution in [0.2, 0.25) is 0 Å². The molecule has 4 heteroatoms. The van der Waals surface area contributed by atoms with E-state index in [1.807, 2.05) is 33.8 Å². The highest BCUT2D eigenvalue weighted by atomic mass is 16.5. The van der Waals surface area contributed by atoms with Crippen molar-refractivity contribution in [2.75, 3.05) is 0 Å². The monoisotopic (exact) mass is 290 g/mol. The first kappa shape index (κ1) is 17.0. The number of benzene rings is 1. The van der Waals surface area contributed by atoms with Gasteiger partial charge in [-0.2, -0.15) is 0 Å². The van der Waals surface area contributed by atoms with E-state index in [-0.39, 0.29) is 17.5 Å². The van der Waals surface area contributed by atoms with Crippen LogP contribution in [-0.2, 0) is 11.2 Å². The van der Waals surface area contributed by atoms with Gasteiger partial charge in [-0.3, -0.25) is 4.79 Å². The number of aromatic carboxylic acids is 1. The number of rotatable bonds is 6. The third-order valence-electron chi connectivity index (χ3n) is 3.26. The van der Waals surface area contributed by atoms with E-state index in [0.29, 0.717) is 24.2 Å². The van der Waals surface area contributed by atoms with E-state index in [2.05, 4.69) is 0 Å². The predicted molar refractivity (Wildman–Crippen MR) is 81.6 cm³/mol. The second-order valence-electron chi connectivity index (χ2n) is 5.34. The molecule has 4 nitrogen and oxygen atoms in total. The quantitative estimate of drug-likeness (QED) is 0.491. The van der Waals surface area contributed by atoms with E-state index < -0.39 is 5.97 Å². The number of carboxylic acids is 1. The van der Waals surface area contributed by atoms with Gasteiger partial charge in [0, 0.05) is 0 Å². The molecule has 1 atom stereocenters. The van der Waals surface area contributed by atoms with Crippen LogP contribution in [0.3, 0.4) is 0 Å². The molecule has 0 amide bonds. The van der Waals surface area contributed by atoms with Crippen molar-refractivity contribution >= 4 is 11.9 Å². The molecule has 0 radical (unpaired) electrons. The smallest absolute Gasteiger partial charge is 0.335 e. The molecule has 1 N–H and O–H groups in total. The predicted octanol–water partition coefficient (Wildman–Crippen LogP) is 3.85. The Hall–Kier alpha value is -2.10. The maximum atomic E-state index is 11.9. The van der Waals surface area contributed by atoms with E-state index in [0.717, 1.165) is 5.57 Å². The van der Waals surface area contributed by atoms with Crippen molar-refractivity contribution in [3.05, 3.63) is 41.0 Å². The van der Waals surface area contributed by atoms with Crippen LogP contribution in [-0.4, -0.2) is 17.0 Å². The lowest BCUT2D eigenvalue weighted by atomic mass is 10.0. The number of carbonyl (C=O) groups is 2. The minimum atomic E-state index is -0.992. The molecule has 0 aromatic heterocycles. The molecule has 0 saturated heterocycles. The van der Waals surface area contributed by atoms with Gasteiger partial charge in [-0.05, 0) is 50.5 Å². The summed E-state index contributed by atoms with van der Waals surface area (Å²) in [4.78, 5) is 23.0. The van der Waals surface area contributed by atoms with Crippen LogP contribution in [0.1, 0.15) is 50.0 Å². The lowest BCUT2D eigenvalue weighted by molar-refractivity contribution is -0.138. The Morgan fingerprint density at radius 1 is 1.33 bits per heavy atom. The first-order valence-corrected chi connectivity index (χ1v) is 7.06. The van der Waals surface area contributed by atoms with Crippen molar-refractivity contribution in [1.29, 1.82) is 0 Å². The number of carbonyl (C=O) groups excluding carboxylic acids is 1. The summed E-state index contributed by atoms with van der Waals surface area (Å²) in [5.41, 5.74) is 2.01. The van der Waals surface area contributed by atoms with Crippen LogP contribution in [0.15, 0.2) is 29.8 Å². The largest absolute Gasteiger partial charge is 0.478 e. The van der Waals surface area contributed by atoms with Gasteiger partial charge in [-0.15, -0.1) is 0 Å². The Balaban J connectivity index is 3.09. The molecule has 0 aliphatic carbocycles. The molecule has 0 spiro atoms. The Morgan fingerprint density at radius 2 is 2.00 bits per heavy atom. The SMILES string of the molecule is CC[C@@H](C)C(=O)Oc1ccc(C(=O)O)cc1CC=C(C)C. The molecule has 0 aliphatic heterocycles. The maximum Gasteiger partial charge on any atom is 0.335 e. The number of ether oxygens (including phenoxy) is 1. The summed E-state index contributed by atoms with van der Waals surface area (Å²) in [5.74, 6) is -1.03. The lowest BCUT2D eigenvalue weighted by Crippen LogP contribution is -2.17. The molecule has 1 aromatic rings. The molecule has 0 saturated carbocycles. The molecule has 0 fully saturated rings. The van der Waals surface area contributed by atoms with E-state index >= 15 is 0 Å². The standard InChI is InChI=1S/C17H22O4/c1-5-12(4)17(20)21-15-9-8-14(16(18)19)10-13(15)7-6-11(2)3/h6,8-10,12H,5,7H2,1-4H3,(H,18,19)/t12-/m1/s1. The second-order valence-corrected chi connectivity index (χ2v) is 5.34. The van der Waals surface area contributed by atoms with Gasteiger partial charge in [0.15, 0.2) is 0 Å². The zero-order chi connectivity index (χ0) is 16.0. The van der Waals surface area contributed by atoms with Gasteiger partial charge in [-0.1, -0.05) is 25.5 Å². The van der Waals surface area contributed by atoms with Crippen molar-refractivity contribution in [3.63, 3.8) is 0 Å². The third-order valence-corrected chi connectivity index (χ3v) is 3.26. The zero-order valence-electron chi connectivity index (χ0n) is 13.0. The van der Waals surface area contributed by atoms with Crippen molar-refractivity contribution in [1.82, 2.24) is 0 Å². The fourth-order valence-electron chi connectivity index (χ4n) is 1.66. The molecule has 0 bridgehead atoms. The summed E-state index contributed by atoms with van der Waals surface area (Å²) in [5, 5.41) is 9.06. The molecule has 0 unspecified atom stereocenters. The molecule has 0 heterocycles. The Bertz CT molecular complexity index is 554. The molecule has 114 valence electrons. The molecule has 1 aromatic carbocycles. The lowest BCUT2D eigenvalue weighted by Gasteiger charge is -2.13. The molecule has 0 aliphatic rings. The normalized spacial score (nSPS) is 11.6. The molecular weight excluding hydrogens is 268 g/mol. The van der Waals surface area contributed by atoms with Crippen LogP contribution in [0.4, 0.5) is 0 Å². The van der Waals surface area contributed by atoms with Crippen LogP contribution >= 0.6 is 0 Å². The average Bonchev–Trinajstić information content (AvgIpc) is 2.44. The van der Waals surface area contributed by atoms with Crippen molar-refractivity contribution in [2.45, 2.75) is 40.5 Å². The van der Waals surface area contributed by atoms with E-state index in [9.17, 15) is 9.59 Å². The molecular formula is C17H22O4. The van der Waals surface area contributed by atoms with Crippen LogP contribution in [0.5, 0.6) is 5.75 Å². The number of allylic oxidation sites excluding steroid dienone is 2. The van der Waals surface area contributed by atoms with Crippen LogP contribution in [0.25, 0.3) is 0 Å². The highest BCUT2D eigenvalue weighted by molar-refractivity contribution is 5.88. The van der Waals surface area contributed by atoms with Crippen LogP contribution in [0, 0.1) is 5.92 Å². The third kappa shape index (κ3) is 5.06. The highest BCUT2D eigenvalue weighted by Gasteiger charge is 2.16. The van der Waals surface area contributed by atoms with E-state index in [1.54, 1.807) is 12.1 Å². The number of carboxylic acid groups (broad SMARTS) is 1. The highest BCUT2D eigenvalue weighted by Crippen LogP contribution is 2.23. The minimum Gasteiger partial charge on any atom is -0.478 e.